The Labute approximate surface area is 169 Å². The van der Waals surface area contributed by atoms with Crippen molar-refractivity contribution in [1.82, 2.24) is 24.7 Å². The summed E-state index contributed by atoms with van der Waals surface area (Å²) in [5.41, 5.74) is 1.40. The van der Waals surface area contributed by atoms with Crippen LogP contribution < -0.4 is 5.32 Å². The number of aromatic nitrogens is 2. The maximum atomic E-state index is 13.1. The number of hydrogen-bond acceptors (Lipinski definition) is 4. The SMILES string of the molecule is CC(=O)N[C@@]12CCN(C(=O)Cn3c(C)nc4ccccc43)C[C@@H]1CN(C(C)=O)C2. The second-order valence-corrected chi connectivity index (χ2v) is 8.26. The van der Waals surface area contributed by atoms with Gasteiger partial charge in [-0.1, -0.05) is 12.1 Å². The van der Waals surface area contributed by atoms with Gasteiger partial charge in [-0.15, -0.1) is 0 Å². The Hall–Kier alpha value is -2.90. The molecule has 0 bridgehead atoms. The van der Waals surface area contributed by atoms with E-state index in [9.17, 15) is 14.4 Å². The van der Waals surface area contributed by atoms with E-state index in [0.29, 0.717) is 32.6 Å². The molecule has 2 aliphatic heterocycles. The van der Waals surface area contributed by atoms with E-state index < -0.39 is 5.54 Å². The minimum atomic E-state index is -0.439. The van der Waals surface area contributed by atoms with Crippen molar-refractivity contribution in [1.29, 1.82) is 0 Å². The van der Waals surface area contributed by atoms with Crippen LogP contribution in [-0.4, -0.2) is 68.8 Å². The molecule has 0 spiro atoms. The predicted octanol–water partition coefficient (Wildman–Crippen LogP) is 0.930. The van der Waals surface area contributed by atoms with E-state index >= 15 is 0 Å². The maximum Gasteiger partial charge on any atom is 0.242 e. The Balaban J connectivity index is 1.52. The van der Waals surface area contributed by atoms with Gasteiger partial charge in [0.2, 0.25) is 17.7 Å². The molecule has 2 saturated heterocycles. The molecule has 0 saturated carbocycles. The molecule has 1 N–H and O–H groups in total. The Bertz CT molecular complexity index is 984. The molecule has 3 heterocycles. The summed E-state index contributed by atoms with van der Waals surface area (Å²) < 4.78 is 1.95. The van der Waals surface area contributed by atoms with E-state index in [-0.39, 0.29) is 30.2 Å². The summed E-state index contributed by atoms with van der Waals surface area (Å²) in [6.07, 6.45) is 0.649. The van der Waals surface area contributed by atoms with Crippen molar-refractivity contribution in [3.63, 3.8) is 0 Å². The Kier molecular flexibility index (Phi) is 4.80. The van der Waals surface area contributed by atoms with E-state index in [1.54, 1.807) is 11.8 Å². The van der Waals surface area contributed by atoms with Crippen molar-refractivity contribution >= 4 is 28.8 Å². The van der Waals surface area contributed by atoms with Gasteiger partial charge in [-0.2, -0.15) is 0 Å². The number of nitrogens with zero attached hydrogens (tertiary/aromatic N) is 4. The zero-order valence-electron chi connectivity index (χ0n) is 17.1. The predicted molar refractivity (Wildman–Crippen MR) is 108 cm³/mol. The lowest BCUT2D eigenvalue weighted by atomic mass is 9.80. The van der Waals surface area contributed by atoms with E-state index in [2.05, 4.69) is 10.3 Å². The zero-order valence-corrected chi connectivity index (χ0v) is 17.1. The van der Waals surface area contributed by atoms with Gasteiger partial charge in [-0.25, -0.2) is 4.98 Å². The number of rotatable bonds is 3. The first-order chi connectivity index (χ1) is 13.8. The van der Waals surface area contributed by atoms with Crippen molar-refractivity contribution in [2.45, 2.75) is 39.3 Å². The number of para-hydroxylation sites is 2. The molecule has 8 nitrogen and oxygen atoms in total. The lowest BCUT2D eigenvalue weighted by molar-refractivity contribution is -0.135. The van der Waals surface area contributed by atoms with E-state index in [1.807, 2.05) is 40.7 Å². The topological polar surface area (TPSA) is 87.5 Å². The highest BCUT2D eigenvalue weighted by Gasteiger charge is 2.51. The van der Waals surface area contributed by atoms with Crippen molar-refractivity contribution in [3.8, 4) is 0 Å². The highest BCUT2D eigenvalue weighted by molar-refractivity contribution is 5.81. The van der Waals surface area contributed by atoms with Gasteiger partial charge >= 0.3 is 0 Å². The van der Waals surface area contributed by atoms with Crippen molar-refractivity contribution < 1.29 is 14.4 Å². The molecule has 3 amide bonds. The number of amides is 3. The van der Waals surface area contributed by atoms with Crippen LogP contribution in [0.25, 0.3) is 11.0 Å². The first-order valence-electron chi connectivity index (χ1n) is 10.0. The third kappa shape index (κ3) is 3.47. The van der Waals surface area contributed by atoms with Crippen LogP contribution in [0.2, 0.25) is 0 Å². The van der Waals surface area contributed by atoms with Crippen LogP contribution >= 0.6 is 0 Å². The third-order valence-corrected chi connectivity index (χ3v) is 6.33. The highest BCUT2D eigenvalue weighted by atomic mass is 16.2. The first kappa shape index (κ1) is 19.4. The van der Waals surface area contributed by atoms with Crippen LogP contribution in [0, 0.1) is 12.8 Å². The quantitative estimate of drug-likeness (QED) is 0.835. The number of aryl methyl sites for hydroxylation is 1. The molecule has 0 aliphatic carbocycles. The summed E-state index contributed by atoms with van der Waals surface area (Å²) in [5, 5.41) is 3.09. The first-order valence-corrected chi connectivity index (χ1v) is 10.0. The Morgan fingerprint density at radius 2 is 1.90 bits per heavy atom. The number of benzene rings is 1. The van der Waals surface area contributed by atoms with Gasteiger partial charge in [0, 0.05) is 45.9 Å². The lowest BCUT2D eigenvalue weighted by Crippen LogP contribution is -2.61. The number of fused-ring (bicyclic) bond motifs is 2. The number of hydrogen-bond donors (Lipinski definition) is 1. The van der Waals surface area contributed by atoms with Crippen LogP contribution in [0.15, 0.2) is 24.3 Å². The third-order valence-electron chi connectivity index (χ3n) is 6.33. The van der Waals surface area contributed by atoms with Crippen molar-refractivity contribution in [2.24, 2.45) is 5.92 Å². The lowest BCUT2D eigenvalue weighted by Gasteiger charge is -2.43. The number of carbonyl (C=O) groups is 3. The zero-order chi connectivity index (χ0) is 20.8. The molecular weight excluding hydrogens is 370 g/mol. The van der Waals surface area contributed by atoms with Crippen molar-refractivity contribution in [3.05, 3.63) is 30.1 Å². The summed E-state index contributed by atoms with van der Waals surface area (Å²) in [7, 11) is 0. The molecule has 154 valence electrons. The number of carbonyl (C=O) groups excluding carboxylic acids is 3. The standard InChI is InChI=1S/C21H27N5O3/c1-14-22-18-6-4-5-7-19(18)26(14)12-20(29)24-9-8-21(23-15(2)27)13-25(16(3)28)11-17(21)10-24/h4-7,17H,8-13H2,1-3H3,(H,23,27)/t17-,21-/m1/s1. The fraction of sp³-hybridized carbons (Fsp3) is 0.524. The fourth-order valence-corrected chi connectivity index (χ4v) is 4.83. The molecule has 0 radical (unpaired) electrons. The molecule has 2 aromatic rings. The molecule has 29 heavy (non-hydrogen) atoms. The van der Waals surface area contributed by atoms with Crippen LogP contribution in [0.1, 0.15) is 26.1 Å². The molecule has 0 unspecified atom stereocenters. The van der Waals surface area contributed by atoms with E-state index in [0.717, 1.165) is 16.9 Å². The largest absolute Gasteiger partial charge is 0.349 e. The van der Waals surface area contributed by atoms with Gasteiger partial charge in [0.15, 0.2) is 0 Å². The maximum absolute atomic E-state index is 13.1. The number of piperidine rings is 1. The van der Waals surface area contributed by atoms with Gasteiger partial charge < -0.3 is 19.7 Å². The van der Waals surface area contributed by atoms with E-state index in [1.165, 1.54) is 6.92 Å². The molecule has 4 rings (SSSR count). The van der Waals surface area contributed by atoms with Gasteiger partial charge in [-0.3, -0.25) is 14.4 Å². The summed E-state index contributed by atoms with van der Waals surface area (Å²) in [5.74, 6) is 0.790. The molecule has 2 fully saturated rings. The summed E-state index contributed by atoms with van der Waals surface area (Å²) in [4.78, 5) is 45.0. The van der Waals surface area contributed by atoms with E-state index in [4.69, 9.17) is 0 Å². The number of imidazole rings is 1. The monoisotopic (exact) mass is 397 g/mol. The Morgan fingerprint density at radius 3 is 2.62 bits per heavy atom. The second-order valence-electron chi connectivity index (χ2n) is 8.26. The van der Waals surface area contributed by atoms with Gasteiger partial charge in [0.1, 0.15) is 12.4 Å². The average molecular weight is 397 g/mol. The highest BCUT2D eigenvalue weighted by Crippen LogP contribution is 2.35. The summed E-state index contributed by atoms with van der Waals surface area (Å²) >= 11 is 0. The van der Waals surface area contributed by atoms with Gasteiger partial charge in [0.05, 0.1) is 16.6 Å². The Morgan fingerprint density at radius 1 is 1.17 bits per heavy atom. The molecule has 1 aromatic carbocycles. The molecule has 2 aliphatic rings. The average Bonchev–Trinajstić information content (AvgIpc) is 3.18. The smallest absolute Gasteiger partial charge is 0.242 e. The molecular formula is C21H27N5O3. The second kappa shape index (κ2) is 7.17. The fourth-order valence-electron chi connectivity index (χ4n) is 4.83. The van der Waals surface area contributed by atoms with Crippen molar-refractivity contribution in [2.75, 3.05) is 26.2 Å². The minimum Gasteiger partial charge on any atom is -0.349 e. The number of likely N-dealkylation sites (tertiary alicyclic amines) is 2. The molecule has 8 heteroatoms. The van der Waals surface area contributed by atoms with Crippen LogP contribution in [0.5, 0.6) is 0 Å². The van der Waals surface area contributed by atoms with Crippen LogP contribution in [0.4, 0.5) is 0 Å². The van der Waals surface area contributed by atoms with Crippen LogP contribution in [-0.2, 0) is 20.9 Å². The number of nitrogens with one attached hydrogen (secondary N) is 1. The summed E-state index contributed by atoms with van der Waals surface area (Å²) in [6.45, 7) is 7.38. The van der Waals surface area contributed by atoms with Gasteiger partial charge in [-0.05, 0) is 25.5 Å². The van der Waals surface area contributed by atoms with Gasteiger partial charge in [0.25, 0.3) is 0 Å². The molecule has 1 aromatic heterocycles. The summed E-state index contributed by atoms with van der Waals surface area (Å²) in [6, 6.07) is 7.80. The normalized spacial score (nSPS) is 23.9. The minimum absolute atomic E-state index is 0.00233. The molecule has 2 atom stereocenters. The van der Waals surface area contributed by atoms with Crippen LogP contribution in [0.3, 0.4) is 0 Å².